The molecular formula is C19H21N3O3S. The van der Waals surface area contributed by atoms with Gasteiger partial charge in [0.1, 0.15) is 0 Å². The lowest BCUT2D eigenvalue weighted by atomic mass is 9.95. The molecule has 1 heterocycles. The number of hydrogen-bond donors (Lipinski definition) is 3. The van der Waals surface area contributed by atoms with Crippen LogP contribution < -0.4 is 16.0 Å². The summed E-state index contributed by atoms with van der Waals surface area (Å²) in [6.07, 6.45) is 7.12. The summed E-state index contributed by atoms with van der Waals surface area (Å²) in [4.78, 5) is 24.2. The van der Waals surface area contributed by atoms with Crippen LogP contribution in [0, 0.1) is 0 Å². The third-order valence-corrected chi connectivity index (χ3v) is 4.52. The Kier molecular flexibility index (Phi) is 6.01. The van der Waals surface area contributed by atoms with E-state index in [4.69, 9.17) is 16.6 Å². The van der Waals surface area contributed by atoms with Crippen molar-refractivity contribution >= 4 is 34.8 Å². The first-order valence-electron chi connectivity index (χ1n) is 8.68. The summed E-state index contributed by atoms with van der Waals surface area (Å²) in [5.41, 5.74) is 1.29. The van der Waals surface area contributed by atoms with E-state index in [0.29, 0.717) is 11.3 Å². The molecule has 1 aliphatic rings. The standard InChI is InChI=1S/C19H21N3O3S/c23-17(20-14-5-2-1-3-6-14)13-8-10-15(11-9-13)21-19(26)22-18(24)16-7-4-12-25-16/h4,7-12,14H,1-3,5-6H2,(H,20,23)(H2,21,22,24,26). The summed E-state index contributed by atoms with van der Waals surface area (Å²) in [7, 11) is 0. The Morgan fingerprint density at radius 2 is 1.73 bits per heavy atom. The highest BCUT2D eigenvalue weighted by molar-refractivity contribution is 7.80. The number of carbonyl (C=O) groups excluding carboxylic acids is 2. The monoisotopic (exact) mass is 371 g/mol. The Bertz CT molecular complexity index is 766. The maximum Gasteiger partial charge on any atom is 0.293 e. The first-order valence-corrected chi connectivity index (χ1v) is 9.09. The van der Waals surface area contributed by atoms with Gasteiger partial charge in [0.2, 0.25) is 0 Å². The van der Waals surface area contributed by atoms with Crippen molar-refractivity contribution in [2.24, 2.45) is 0 Å². The van der Waals surface area contributed by atoms with Gasteiger partial charge in [-0.1, -0.05) is 19.3 Å². The molecule has 26 heavy (non-hydrogen) atoms. The Morgan fingerprint density at radius 1 is 1.00 bits per heavy atom. The van der Waals surface area contributed by atoms with Gasteiger partial charge in [0.25, 0.3) is 11.8 Å². The normalized spacial score (nSPS) is 14.5. The Hall–Kier alpha value is -2.67. The van der Waals surface area contributed by atoms with E-state index in [-0.39, 0.29) is 22.8 Å². The summed E-state index contributed by atoms with van der Waals surface area (Å²) in [6, 6.07) is 10.4. The zero-order valence-electron chi connectivity index (χ0n) is 14.3. The molecule has 0 bridgehead atoms. The summed E-state index contributed by atoms with van der Waals surface area (Å²) >= 11 is 5.11. The molecule has 1 aromatic heterocycles. The van der Waals surface area contributed by atoms with E-state index in [1.165, 1.54) is 25.5 Å². The van der Waals surface area contributed by atoms with Crippen LogP contribution in [0.2, 0.25) is 0 Å². The third kappa shape index (κ3) is 4.92. The third-order valence-electron chi connectivity index (χ3n) is 4.32. The molecule has 0 unspecified atom stereocenters. The molecule has 6 nitrogen and oxygen atoms in total. The van der Waals surface area contributed by atoms with Crippen molar-refractivity contribution in [3.63, 3.8) is 0 Å². The van der Waals surface area contributed by atoms with Gasteiger partial charge >= 0.3 is 0 Å². The zero-order valence-corrected chi connectivity index (χ0v) is 15.1. The molecule has 136 valence electrons. The van der Waals surface area contributed by atoms with Gasteiger partial charge in [0, 0.05) is 17.3 Å². The number of benzene rings is 1. The molecule has 3 N–H and O–H groups in total. The van der Waals surface area contributed by atoms with Crippen LogP contribution in [0.1, 0.15) is 53.0 Å². The number of thiocarbonyl (C=S) groups is 1. The minimum atomic E-state index is -0.420. The molecule has 0 saturated heterocycles. The van der Waals surface area contributed by atoms with Crippen molar-refractivity contribution in [3.8, 4) is 0 Å². The second kappa shape index (κ2) is 8.62. The van der Waals surface area contributed by atoms with E-state index >= 15 is 0 Å². The number of nitrogens with one attached hydrogen (secondary N) is 3. The Morgan fingerprint density at radius 3 is 2.38 bits per heavy atom. The first kappa shape index (κ1) is 18.1. The fourth-order valence-electron chi connectivity index (χ4n) is 2.96. The lowest BCUT2D eigenvalue weighted by Crippen LogP contribution is -2.36. The van der Waals surface area contributed by atoms with E-state index in [9.17, 15) is 9.59 Å². The minimum absolute atomic E-state index is 0.0582. The van der Waals surface area contributed by atoms with Crippen LogP contribution in [0.3, 0.4) is 0 Å². The lowest BCUT2D eigenvalue weighted by molar-refractivity contribution is 0.0925. The van der Waals surface area contributed by atoms with E-state index in [1.807, 2.05) is 0 Å². The number of hydrogen-bond acceptors (Lipinski definition) is 4. The van der Waals surface area contributed by atoms with Gasteiger partial charge in [0.05, 0.1) is 6.26 Å². The van der Waals surface area contributed by atoms with Gasteiger partial charge in [0.15, 0.2) is 10.9 Å². The first-order chi connectivity index (χ1) is 12.6. The van der Waals surface area contributed by atoms with Gasteiger partial charge in [-0.3, -0.25) is 14.9 Å². The van der Waals surface area contributed by atoms with Crippen LogP contribution in [0.5, 0.6) is 0 Å². The van der Waals surface area contributed by atoms with E-state index in [2.05, 4.69) is 16.0 Å². The molecule has 0 aliphatic heterocycles. The number of amides is 2. The fourth-order valence-corrected chi connectivity index (χ4v) is 3.17. The average molecular weight is 371 g/mol. The highest BCUT2D eigenvalue weighted by atomic mass is 32.1. The second-order valence-corrected chi connectivity index (χ2v) is 6.68. The predicted molar refractivity (Wildman–Crippen MR) is 103 cm³/mol. The molecular weight excluding hydrogens is 350 g/mol. The molecule has 2 amide bonds. The van der Waals surface area contributed by atoms with Gasteiger partial charge in [-0.25, -0.2) is 0 Å². The average Bonchev–Trinajstić information content (AvgIpc) is 3.18. The van der Waals surface area contributed by atoms with Gasteiger partial charge in [-0.05, 0) is 61.5 Å². The maximum atomic E-state index is 12.3. The topological polar surface area (TPSA) is 83.4 Å². The highest BCUT2D eigenvalue weighted by Gasteiger charge is 2.16. The molecule has 0 spiro atoms. The molecule has 2 aromatic rings. The summed E-state index contributed by atoms with van der Waals surface area (Å²) < 4.78 is 5.01. The molecule has 7 heteroatoms. The molecule has 0 atom stereocenters. The van der Waals surface area contributed by atoms with Crippen molar-refractivity contribution in [2.75, 3.05) is 5.32 Å². The van der Waals surface area contributed by atoms with Crippen LogP contribution in [0.25, 0.3) is 0 Å². The molecule has 1 saturated carbocycles. The van der Waals surface area contributed by atoms with Gasteiger partial charge in [-0.2, -0.15) is 0 Å². The van der Waals surface area contributed by atoms with Crippen LogP contribution in [-0.4, -0.2) is 23.0 Å². The van der Waals surface area contributed by atoms with E-state index < -0.39 is 5.91 Å². The van der Waals surface area contributed by atoms with Crippen molar-refractivity contribution in [1.29, 1.82) is 0 Å². The summed E-state index contributed by atoms with van der Waals surface area (Å²) in [5, 5.41) is 8.68. The number of carbonyl (C=O) groups is 2. The summed E-state index contributed by atoms with van der Waals surface area (Å²) in [6.45, 7) is 0. The Labute approximate surface area is 157 Å². The maximum absolute atomic E-state index is 12.3. The van der Waals surface area contributed by atoms with Crippen LogP contribution in [0.4, 0.5) is 5.69 Å². The largest absolute Gasteiger partial charge is 0.459 e. The fraction of sp³-hybridized carbons (Fsp3) is 0.316. The molecule has 0 radical (unpaired) electrons. The van der Waals surface area contributed by atoms with E-state index in [1.54, 1.807) is 36.4 Å². The van der Waals surface area contributed by atoms with Crippen molar-refractivity contribution in [1.82, 2.24) is 10.6 Å². The van der Waals surface area contributed by atoms with Crippen molar-refractivity contribution in [3.05, 3.63) is 54.0 Å². The highest BCUT2D eigenvalue weighted by Crippen LogP contribution is 2.18. The van der Waals surface area contributed by atoms with Crippen LogP contribution in [0.15, 0.2) is 47.1 Å². The lowest BCUT2D eigenvalue weighted by Gasteiger charge is -2.22. The van der Waals surface area contributed by atoms with Crippen molar-refractivity contribution in [2.45, 2.75) is 38.1 Å². The van der Waals surface area contributed by atoms with Crippen LogP contribution in [-0.2, 0) is 0 Å². The SMILES string of the molecule is O=C(NC1CCCCC1)c1ccc(NC(=S)NC(=O)c2ccco2)cc1. The van der Waals surface area contributed by atoms with E-state index in [0.717, 1.165) is 12.8 Å². The van der Waals surface area contributed by atoms with Gasteiger partial charge < -0.3 is 15.1 Å². The smallest absolute Gasteiger partial charge is 0.293 e. The van der Waals surface area contributed by atoms with Crippen LogP contribution >= 0.6 is 12.2 Å². The number of furan rings is 1. The molecule has 1 aromatic carbocycles. The van der Waals surface area contributed by atoms with Gasteiger partial charge in [-0.15, -0.1) is 0 Å². The molecule has 1 fully saturated rings. The number of anilines is 1. The molecule has 1 aliphatic carbocycles. The Balaban J connectivity index is 1.51. The zero-order chi connectivity index (χ0) is 18.4. The number of rotatable bonds is 4. The van der Waals surface area contributed by atoms with Crippen molar-refractivity contribution < 1.29 is 14.0 Å². The molecule has 3 rings (SSSR count). The summed E-state index contributed by atoms with van der Waals surface area (Å²) in [5.74, 6) is -0.294. The second-order valence-electron chi connectivity index (χ2n) is 6.27. The minimum Gasteiger partial charge on any atom is -0.459 e. The quantitative estimate of drug-likeness (QED) is 0.717. The predicted octanol–water partition coefficient (Wildman–Crippen LogP) is 3.47.